The lowest BCUT2D eigenvalue weighted by Gasteiger charge is -2.12. The van der Waals surface area contributed by atoms with E-state index in [1.807, 2.05) is 0 Å². The van der Waals surface area contributed by atoms with E-state index in [1.54, 1.807) is 0 Å². The van der Waals surface area contributed by atoms with Gasteiger partial charge in [0.25, 0.3) is 0 Å². The molecule has 0 aliphatic carbocycles. The molecule has 0 spiro atoms. The average Bonchev–Trinajstić information content (AvgIpc) is 2.64. The van der Waals surface area contributed by atoms with Crippen molar-refractivity contribution in [2.75, 3.05) is 24.6 Å². The minimum atomic E-state index is -1.10. The first-order valence-corrected chi connectivity index (χ1v) is 5.82. The Morgan fingerprint density at radius 3 is 2.81 bits per heavy atom. The number of hydrogen-bond donors (Lipinski definition) is 3. The van der Waals surface area contributed by atoms with Crippen LogP contribution >= 0.6 is 11.8 Å². The molecular formula is C8H13N3O4S. The van der Waals surface area contributed by atoms with E-state index < -0.39 is 18.0 Å². The SMILES string of the molecule is N[C@@H](CSCC(=O)N1CCNC1=O)C(=O)O. The number of carboxylic acids is 1. The van der Waals surface area contributed by atoms with Gasteiger partial charge >= 0.3 is 12.0 Å². The Morgan fingerprint density at radius 1 is 1.62 bits per heavy atom. The van der Waals surface area contributed by atoms with E-state index in [0.29, 0.717) is 13.1 Å². The number of urea groups is 1. The van der Waals surface area contributed by atoms with Crippen LogP contribution in [0.2, 0.25) is 0 Å². The summed E-state index contributed by atoms with van der Waals surface area (Å²) < 4.78 is 0. The molecule has 0 aromatic carbocycles. The van der Waals surface area contributed by atoms with Gasteiger partial charge in [0.15, 0.2) is 0 Å². The minimum absolute atomic E-state index is 0.0639. The quantitative estimate of drug-likeness (QED) is 0.555. The molecule has 1 aliphatic rings. The van der Waals surface area contributed by atoms with Crippen LogP contribution in [0.3, 0.4) is 0 Å². The number of nitrogens with one attached hydrogen (secondary N) is 1. The van der Waals surface area contributed by atoms with Gasteiger partial charge in [0.05, 0.1) is 5.75 Å². The van der Waals surface area contributed by atoms with Crippen molar-refractivity contribution in [2.45, 2.75) is 6.04 Å². The molecule has 3 amide bonds. The van der Waals surface area contributed by atoms with Crippen LogP contribution in [-0.2, 0) is 9.59 Å². The van der Waals surface area contributed by atoms with Crippen molar-refractivity contribution >= 4 is 29.7 Å². The van der Waals surface area contributed by atoms with Crippen LogP contribution in [0.25, 0.3) is 0 Å². The van der Waals surface area contributed by atoms with Crippen LogP contribution in [-0.4, -0.2) is 58.6 Å². The zero-order chi connectivity index (χ0) is 12.1. The first-order valence-electron chi connectivity index (χ1n) is 4.66. The lowest BCUT2D eigenvalue weighted by Crippen LogP contribution is -2.37. The molecule has 16 heavy (non-hydrogen) atoms. The summed E-state index contributed by atoms with van der Waals surface area (Å²) >= 11 is 1.11. The van der Waals surface area contributed by atoms with Crippen molar-refractivity contribution in [1.29, 1.82) is 0 Å². The molecule has 4 N–H and O–H groups in total. The van der Waals surface area contributed by atoms with Gasteiger partial charge in [-0.3, -0.25) is 14.5 Å². The minimum Gasteiger partial charge on any atom is -0.480 e. The van der Waals surface area contributed by atoms with Crippen molar-refractivity contribution in [3.8, 4) is 0 Å². The number of thioether (sulfide) groups is 1. The van der Waals surface area contributed by atoms with Crippen LogP contribution in [0.15, 0.2) is 0 Å². The Labute approximate surface area is 96.3 Å². The van der Waals surface area contributed by atoms with Gasteiger partial charge in [0.1, 0.15) is 6.04 Å². The third kappa shape index (κ3) is 3.38. The lowest BCUT2D eigenvalue weighted by molar-refractivity contribution is -0.138. The van der Waals surface area contributed by atoms with E-state index >= 15 is 0 Å². The molecule has 8 heteroatoms. The Hall–Kier alpha value is -1.28. The molecule has 0 unspecified atom stereocenters. The number of aliphatic carboxylic acids is 1. The Bertz CT molecular complexity index is 310. The summed E-state index contributed by atoms with van der Waals surface area (Å²) in [6.07, 6.45) is 0. The van der Waals surface area contributed by atoms with Gasteiger partial charge in [-0.15, -0.1) is 11.8 Å². The number of rotatable bonds is 5. The Balaban J connectivity index is 2.25. The summed E-state index contributed by atoms with van der Waals surface area (Å²) in [6, 6.07) is -1.38. The predicted octanol–water partition coefficient (Wildman–Crippen LogP) is -1.32. The van der Waals surface area contributed by atoms with Crippen molar-refractivity contribution in [2.24, 2.45) is 5.73 Å². The van der Waals surface area contributed by atoms with Gasteiger partial charge in [-0.2, -0.15) is 0 Å². The second-order valence-corrected chi connectivity index (χ2v) is 4.27. The second kappa shape index (κ2) is 5.71. The first-order chi connectivity index (χ1) is 7.52. The van der Waals surface area contributed by atoms with Crippen molar-refractivity contribution < 1.29 is 19.5 Å². The number of carboxylic acid groups (broad SMARTS) is 1. The number of amides is 3. The highest BCUT2D eigenvalue weighted by atomic mass is 32.2. The molecule has 0 aromatic heterocycles. The summed E-state index contributed by atoms with van der Waals surface area (Å²) in [4.78, 5) is 34.0. The highest BCUT2D eigenvalue weighted by Crippen LogP contribution is 2.06. The third-order valence-electron chi connectivity index (χ3n) is 2.00. The van der Waals surface area contributed by atoms with Crippen LogP contribution in [0.4, 0.5) is 4.79 Å². The van der Waals surface area contributed by atoms with E-state index in [9.17, 15) is 14.4 Å². The van der Waals surface area contributed by atoms with Gasteiger partial charge < -0.3 is 16.2 Å². The van der Waals surface area contributed by atoms with Gasteiger partial charge in [0, 0.05) is 18.8 Å². The molecular weight excluding hydrogens is 234 g/mol. The van der Waals surface area contributed by atoms with E-state index in [1.165, 1.54) is 0 Å². The molecule has 90 valence electrons. The molecule has 1 saturated heterocycles. The number of imide groups is 1. The Morgan fingerprint density at radius 2 is 2.31 bits per heavy atom. The maximum atomic E-state index is 11.5. The summed E-state index contributed by atoms with van der Waals surface area (Å²) in [5, 5.41) is 11.0. The van der Waals surface area contributed by atoms with Gasteiger partial charge in [-0.05, 0) is 0 Å². The fourth-order valence-corrected chi connectivity index (χ4v) is 1.98. The largest absolute Gasteiger partial charge is 0.480 e. The van der Waals surface area contributed by atoms with E-state index in [4.69, 9.17) is 10.8 Å². The van der Waals surface area contributed by atoms with Crippen LogP contribution < -0.4 is 11.1 Å². The second-order valence-electron chi connectivity index (χ2n) is 3.24. The van der Waals surface area contributed by atoms with E-state index in [-0.39, 0.29) is 17.4 Å². The molecule has 1 atom stereocenters. The zero-order valence-corrected chi connectivity index (χ0v) is 9.33. The molecule has 0 saturated carbocycles. The third-order valence-corrected chi connectivity index (χ3v) is 3.04. The summed E-state index contributed by atoms with van der Waals surface area (Å²) in [5.41, 5.74) is 5.26. The molecule has 0 radical (unpaired) electrons. The van der Waals surface area contributed by atoms with E-state index in [0.717, 1.165) is 16.7 Å². The molecule has 7 nitrogen and oxygen atoms in total. The van der Waals surface area contributed by atoms with Crippen molar-refractivity contribution in [3.05, 3.63) is 0 Å². The number of hydrogen-bond acceptors (Lipinski definition) is 5. The topological polar surface area (TPSA) is 113 Å². The predicted molar refractivity (Wildman–Crippen MR) is 58.0 cm³/mol. The molecule has 0 aromatic rings. The maximum absolute atomic E-state index is 11.5. The normalized spacial score (nSPS) is 17.1. The van der Waals surface area contributed by atoms with E-state index in [2.05, 4.69) is 5.32 Å². The van der Waals surface area contributed by atoms with Crippen LogP contribution in [0, 0.1) is 0 Å². The summed E-state index contributed by atoms with van der Waals surface area (Å²) in [5.74, 6) is -1.21. The smallest absolute Gasteiger partial charge is 0.324 e. The molecule has 1 fully saturated rings. The maximum Gasteiger partial charge on any atom is 0.324 e. The van der Waals surface area contributed by atoms with Crippen LogP contribution in [0.5, 0.6) is 0 Å². The summed E-state index contributed by atoms with van der Waals surface area (Å²) in [7, 11) is 0. The fourth-order valence-electron chi connectivity index (χ4n) is 1.13. The standard InChI is InChI=1S/C8H13N3O4S/c9-5(7(13)14)3-16-4-6(12)11-2-1-10-8(11)15/h5H,1-4,9H2,(H,10,15)(H,13,14)/t5-/m0/s1. The van der Waals surface area contributed by atoms with Crippen molar-refractivity contribution in [3.63, 3.8) is 0 Å². The molecule has 0 bridgehead atoms. The first kappa shape index (κ1) is 12.8. The van der Waals surface area contributed by atoms with Gasteiger partial charge in [-0.1, -0.05) is 0 Å². The highest BCUT2D eigenvalue weighted by molar-refractivity contribution is 8.00. The summed E-state index contributed by atoms with van der Waals surface area (Å²) in [6.45, 7) is 0.826. The number of nitrogens with zero attached hydrogens (tertiary/aromatic N) is 1. The van der Waals surface area contributed by atoms with Gasteiger partial charge in [-0.25, -0.2) is 4.79 Å². The lowest BCUT2D eigenvalue weighted by atomic mass is 10.4. The van der Waals surface area contributed by atoms with Gasteiger partial charge in [0.2, 0.25) is 5.91 Å². The zero-order valence-electron chi connectivity index (χ0n) is 8.51. The fraction of sp³-hybridized carbons (Fsp3) is 0.625. The number of nitrogens with two attached hydrogens (primary N) is 1. The Kier molecular flexibility index (Phi) is 4.56. The molecule has 1 heterocycles. The monoisotopic (exact) mass is 247 g/mol. The van der Waals surface area contributed by atoms with Crippen LogP contribution in [0.1, 0.15) is 0 Å². The highest BCUT2D eigenvalue weighted by Gasteiger charge is 2.25. The molecule has 1 aliphatic heterocycles. The molecule has 1 rings (SSSR count). The average molecular weight is 247 g/mol. The van der Waals surface area contributed by atoms with Crippen molar-refractivity contribution in [1.82, 2.24) is 10.2 Å². The number of carbonyl (C=O) groups excluding carboxylic acids is 2. The number of carbonyl (C=O) groups is 3.